The average Bonchev–Trinajstić information content (AvgIpc) is 2.66. The summed E-state index contributed by atoms with van der Waals surface area (Å²) in [5.41, 5.74) is 0.566. The van der Waals surface area contributed by atoms with Gasteiger partial charge in [-0.3, -0.25) is 25.0 Å². The van der Waals surface area contributed by atoms with E-state index in [4.69, 9.17) is 16.3 Å². The highest BCUT2D eigenvalue weighted by Gasteiger charge is 2.27. The minimum atomic E-state index is -0.891. The lowest BCUT2D eigenvalue weighted by molar-refractivity contribution is -0.124. The van der Waals surface area contributed by atoms with Gasteiger partial charge in [-0.1, -0.05) is 17.7 Å². The van der Waals surface area contributed by atoms with E-state index in [1.165, 1.54) is 48.5 Å². The fourth-order valence-electron chi connectivity index (χ4n) is 2.37. The van der Waals surface area contributed by atoms with Crippen molar-refractivity contribution >= 4 is 47.1 Å². The molecule has 0 aliphatic carbocycles. The Hall–Kier alpha value is -3.72. The Bertz CT molecular complexity index is 1010. The molecule has 0 bridgehead atoms. The minimum Gasteiger partial charge on any atom is -0.482 e. The van der Waals surface area contributed by atoms with E-state index < -0.39 is 29.6 Å². The molecule has 2 aromatic rings. The van der Waals surface area contributed by atoms with Crippen LogP contribution in [0.4, 0.5) is 14.9 Å². The smallest absolute Gasteiger partial charge is 0.328 e. The molecule has 0 unspecified atom stereocenters. The third-order valence-electron chi connectivity index (χ3n) is 3.70. The number of amides is 5. The monoisotopic (exact) mass is 417 g/mol. The number of benzene rings is 2. The van der Waals surface area contributed by atoms with Crippen LogP contribution in [0, 0.1) is 5.82 Å². The predicted molar refractivity (Wildman–Crippen MR) is 102 cm³/mol. The summed E-state index contributed by atoms with van der Waals surface area (Å²) in [6, 6.07) is 8.76. The fourth-order valence-corrected chi connectivity index (χ4v) is 2.61. The van der Waals surface area contributed by atoms with Gasteiger partial charge >= 0.3 is 6.03 Å². The maximum Gasteiger partial charge on any atom is 0.328 e. The molecule has 3 N–H and O–H groups in total. The number of carbonyl (C=O) groups excluding carboxylic acids is 4. The number of hydrogen-bond donors (Lipinski definition) is 3. The standard InChI is InChI=1S/C19H13ClFN3O5/c20-14-8-10(7-13-17(26)23-19(28)24-18(13)27)1-6-15(14)29-9-16(25)22-12-4-2-11(21)3-5-12/h1-8H,9H2,(H,22,25)(H2,23,24,26,27,28). The molecule has 2 aromatic carbocycles. The lowest BCUT2D eigenvalue weighted by Crippen LogP contribution is -2.51. The summed E-state index contributed by atoms with van der Waals surface area (Å²) in [5.74, 6) is -2.34. The number of hydrogen-bond acceptors (Lipinski definition) is 5. The number of halogens is 2. The van der Waals surface area contributed by atoms with E-state index in [9.17, 15) is 23.6 Å². The van der Waals surface area contributed by atoms with E-state index in [0.717, 1.165) is 0 Å². The molecule has 1 heterocycles. The summed E-state index contributed by atoms with van der Waals surface area (Å²) in [5, 5.41) is 6.60. The molecule has 3 rings (SSSR count). The van der Waals surface area contributed by atoms with Crippen LogP contribution in [-0.4, -0.2) is 30.4 Å². The van der Waals surface area contributed by atoms with Crippen LogP contribution in [-0.2, 0) is 14.4 Å². The normalized spacial score (nSPS) is 13.4. The van der Waals surface area contributed by atoms with Crippen molar-refractivity contribution in [3.63, 3.8) is 0 Å². The number of rotatable bonds is 5. The van der Waals surface area contributed by atoms with Gasteiger partial charge in [0.05, 0.1) is 5.02 Å². The van der Waals surface area contributed by atoms with Gasteiger partial charge in [0.15, 0.2) is 6.61 Å². The van der Waals surface area contributed by atoms with Crippen molar-refractivity contribution in [3.8, 4) is 5.75 Å². The highest BCUT2D eigenvalue weighted by Crippen LogP contribution is 2.26. The number of barbiturate groups is 1. The molecule has 0 saturated carbocycles. The summed E-state index contributed by atoms with van der Waals surface area (Å²) in [6.45, 7) is -0.343. The zero-order valence-electron chi connectivity index (χ0n) is 14.6. The van der Waals surface area contributed by atoms with E-state index in [0.29, 0.717) is 11.3 Å². The Labute approximate surface area is 168 Å². The molecule has 1 saturated heterocycles. The summed E-state index contributed by atoms with van der Waals surface area (Å²) < 4.78 is 18.2. The molecule has 148 valence electrons. The Kier molecular flexibility index (Phi) is 5.89. The highest BCUT2D eigenvalue weighted by atomic mass is 35.5. The second-order valence-electron chi connectivity index (χ2n) is 5.83. The SMILES string of the molecule is O=C(COc1ccc(C=C2C(=O)NC(=O)NC2=O)cc1Cl)Nc1ccc(F)cc1. The van der Waals surface area contributed by atoms with Gasteiger partial charge in [-0.2, -0.15) is 0 Å². The van der Waals surface area contributed by atoms with Gasteiger partial charge in [0.2, 0.25) is 0 Å². The number of nitrogens with one attached hydrogen (secondary N) is 3. The van der Waals surface area contributed by atoms with Crippen LogP contribution in [0.15, 0.2) is 48.0 Å². The molecular weight excluding hydrogens is 405 g/mol. The van der Waals surface area contributed by atoms with Crippen LogP contribution >= 0.6 is 11.6 Å². The summed E-state index contributed by atoms with van der Waals surface area (Å²) in [4.78, 5) is 46.4. The van der Waals surface area contributed by atoms with Crippen LogP contribution < -0.4 is 20.7 Å². The quantitative estimate of drug-likeness (QED) is 0.510. The largest absolute Gasteiger partial charge is 0.482 e. The number of carbonyl (C=O) groups is 4. The van der Waals surface area contributed by atoms with E-state index in [-0.39, 0.29) is 23.0 Å². The third kappa shape index (κ3) is 5.17. The minimum absolute atomic E-state index is 0.140. The Morgan fingerprint density at radius 1 is 1.07 bits per heavy atom. The third-order valence-corrected chi connectivity index (χ3v) is 3.99. The van der Waals surface area contributed by atoms with E-state index in [2.05, 4.69) is 5.32 Å². The molecule has 1 fully saturated rings. The molecule has 5 amide bonds. The van der Waals surface area contributed by atoms with Crippen molar-refractivity contribution in [3.05, 3.63) is 64.4 Å². The number of imide groups is 2. The number of ether oxygens (including phenoxy) is 1. The maximum absolute atomic E-state index is 12.9. The highest BCUT2D eigenvalue weighted by molar-refractivity contribution is 6.33. The van der Waals surface area contributed by atoms with Crippen LogP contribution in [0.5, 0.6) is 5.75 Å². The Morgan fingerprint density at radius 3 is 2.34 bits per heavy atom. The average molecular weight is 418 g/mol. The first kappa shape index (κ1) is 20.0. The number of urea groups is 1. The molecule has 29 heavy (non-hydrogen) atoms. The van der Waals surface area contributed by atoms with Gasteiger partial charge in [0.25, 0.3) is 17.7 Å². The van der Waals surface area contributed by atoms with Gasteiger partial charge in [-0.25, -0.2) is 9.18 Å². The second kappa shape index (κ2) is 8.53. The second-order valence-corrected chi connectivity index (χ2v) is 6.24. The molecule has 0 spiro atoms. The topological polar surface area (TPSA) is 114 Å². The zero-order valence-corrected chi connectivity index (χ0v) is 15.4. The van der Waals surface area contributed by atoms with Gasteiger partial charge < -0.3 is 10.1 Å². The van der Waals surface area contributed by atoms with Crippen LogP contribution in [0.25, 0.3) is 6.08 Å². The summed E-state index contributed by atoms with van der Waals surface area (Å²) >= 11 is 6.12. The Morgan fingerprint density at radius 2 is 1.72 bits per heavy atom. The van der Waals surface area contributed by atoms with E-state index in [1.807, 2.05) is 10.6 Å². The first-order valence-electron chi connectivity index (χ1n) is 8.18. The Balaban J connectivity index is 1.63. The summed E-state index contributed by atoms with van der Waals surface area (Å²) in [7, 11) is 0. The van der Waals surface area contributed by atoms with Crippen molar-refractivity contribution in [1.29, 1.82) is 0 Å². The molecule has 0 atom stereocenters. The van der Waals surface area contributed by atoms with Gasteiger partial charge in [0, 0.05) is 5.69 Å². The maximum atomic E-state index is 12.9. The van der Waals surface area contributed by atoms with Crippen molar-refractivity contribution < 1.29 is 28.3 Å². The van der Waals surface area contributed by atoms with Crippen LogP contribution in [0.2, 0.25) is 5.02 Å². The van der Waals surface area contributed by atoms with E-state index >= 15 is 0 Å². The lowest BCUT2D eigenvalue weighted by Gasteiger charge is -2.14. The molecule has 0 radical (unpaired) electrons. The van der Waals surface area contributed by atoms with E-state index in [1.54, 1.807) is 0 Å². The van der Waals surface area contributed by atoms with Gasteiger partial charge in [0.1, 0.15) is 17.1 Å². The van der Waals surface area contributed by atoms with Crippen LogP contribution in [0.3, 0.4) is 0 Å². The van der Waals surface area contributed by atoms with Crippen LogP contribution in [0.1, 0.15) is 5.56 Å². The van der Waals surface area contributed by atoms with Crippen molar-refractivity contribution in [2.75, 3.05) is 11.9 Å². The predicted octanol–water partition coefficient (Wildman–Crippen LogP) is 2.25. The van der Waals surface area contributed by atoms with Crippen molar-refractivity contribution in [2.45, 2.75) is 0 Å². The molecule has 1 aliphatic rings. The molecular formula is C19H13ClFN3O5. The number of anilines is 1. The fraction of sp³-hybridized carbons (Fsp3) is 0.0526. The summed E-state index contributed by atoms with van der Waals surface area (Å²) in [6.07, 6.45) is 1.26. The van der Waals surface area contributed by atoms with Gasteiger partial charge in [-0.15, -0.1) is 0 Å². The first-order chi connectivity index (χ1) is 13.8. The lowest BCUT2D eigenvalue weighted by atomic mass is 10.1. The van der Waals surface area contributed by atoms with Crippen molar-refractivity contribution in [1.82, 2.24) is 10.6 Å². The molecule has 10 heteroatoms. The first-order valence-corrected chi connectivity index (χ1v) is 8.56. The van der Waals surface area contributed by atoms with Gasteiger partial charge in [-0.05, 0) is 48.0 Å². The van der Waals surface area contributed by atoms with Crippen molar-refractivity contribution in [2.24, 2.45) is 0 Å². The zero-order chi connectivity index (χ0) is 21.0. The molecule has 1 aliphatic heterocycles. The molecule has 0 aromatic heterocycles. The molecule has 8 nitrogen and oxygen atoms in total.